The predicted molar refractivity (Wildman–Crippen MR) is 81.6 cm³/mol. The molecule has 104 valence electrons. The summed E-state index contributed by atoms with van der Waals surface area (Å²) >= 11 is 3.35. The summed E-state index contributed by atoms with van der Waals surface area (Å²) in [5, 5.41) is 2.82. The topological polar surface area (TPSA) is 47.6 Å². The van der Waals surface area contributed by atoms with Gasteiger partial charge in [0.25, 0.3) is 5.91 Å². The third-order valence-corrected chi connectivity index (χ3v) is 3.28. The van der Waals surface area contributed by atoms with Gasteiger partial charge in [0, 0.05) is 16.2 Å². The van der Waals surface area contributed by atoms with E-state index in [9.17, 15) is 4.79 Å². The molecule has 5 heteroatoms. The number of benzene rings is 2. The summed E-state index contributed by atoms with van der Waals surface area (Å²) < 4.78 is 11.3. The number of hydrogen-bond donors (Lipinski definition) is 1. The minimum Gasteiger partial charge on any atom is -0.497 e. The van der Waals surface area contributed by atoms with Crippen LogP contribution in [0.2, 0.25) is 0 Å². The largest absolute Gasteiger partial charge is 0.497 e. The third kappa shape index (κ3) is 3.30. The van der Waals surface area contributed by atoms with Gasteiger partial charge in [0.2, 0.25) is 0 Å². The van der Waals surface area contributed by atoms with Gasteiger partial charge < -0.3 is 14.8 Å². The minimum atomic E-state index is -0.230. The Balaban J connectivity index is 2.22. The third-order valence-electron chi connectivity index (χ3n) is 2.76. The van der Waals surface area contributed by atoms with Crippen molar-refractivity contribution in [2.45, 2.75) is 0 Å². The van der Waals surface area contributed by atoms with Crippen LogP contribution in [-0.4, -0.2) is 20.1 Å². The minimum absolute atomic E-state index is 0.230. The maximum absolute atomic E-state index is 12.2. The van der Waals surface area contributed by atoms with Gasteiger partial charge in [-0.15, -0.1) is 0 Å². The van der Waals surface area contributed by atoms with Crippen LogP contribution in [0.15, 0.2) is 46.9 Å². The van der Waals surface area contributed by atoms with Crippen molar-refractivity contribution in [2.24, 2.45) is 0 Å². The average Bonchev–Trinajstić information content (AvgIpc) is 2.48. The summed E-state index contributed by atoms with van der Waals surface area (Å²) in [5.74, 6) is 0.882. The van der Waals surface area contributed by atoms with Gasteiger partial charge in [0.15, 0.2) is 0 Å². The fraction of sp³-hybridized carbons (Fsp3) is 0.133. The van der Waals surface area contributed by atoms with Crippen LogP contribution >= 0.6 is 15.9 Å². The lowest BCUT2D eigenvalue weighted by Gasteiger charge is -2.10. The van der Waals surface area contributed by atoms with E-state index in [0.29, 0.717) is 17.1 Å². The molecular formula is C15H14BrNO3. The molecule has 2 aromatic rings. The van der Waals surface area contributed by atoms with Crippen molar-refractivity contribution in [2.75, 3.05) is 19.5 Å². The smallest absolute Gasteiger partial charge is 0.259 e. The highest BCUT2D eigenvalue weighted by Gasteiger charge is 2.13. The van der Waals surface area contributed by atoms with Crippen molar-refractivity contribution < 1.29 is 14.3 Å². The summed E-state index contributed by atoms with van der Waals surface area (Å²) in [6, 6.07) is 12.4. The molecule has 0 saturated carbocycles. The molecule has 0 aliphatic rings. The maximum atomic E-state index is 12.2. The number of carbonyl (C=O) groups is 1. The molecular weight excluding hydrogens is 322 g/mol. The van der Waals surface area contributed by atoms with Gasteiger partial charge in [-0.25, -0.2) is 0 Å². The highest BCUT2D eigenvalue weighted by Crippen LogP contribution is 2.25. The van der Waals surface area contributed by atoms with Crippen molar-refractivity contribution in [1.82, 2.24) is 0 Å². The number of rotatable bonds is 4. The first-order valence-electron chi connectivity index (χ1n) is 5.93. The highest BCUT2D eigenvalue weighted by molar-refractivity contribution is 9.10. The van der Waals surface area contributed by atoms with E-state index in [-0.39, 0.29) is 5.91 Å². The molecule has 2 rings (SSSR count). The van der Waals surface area contributed by atoms with E-state index in [2.05, 4.69) is 21.2 Å². The van der Waals surface area contributed by atoms with Crippen LogP contribution in [0, 0.1) is 0 Å². The molecule has 0 fully saturated rings. The lowest BCUT2D eigenvalue weighted by atomic mass is 10.1. The molecule has 0 atom stereocenters. The first-order chi connectivity index (χ1) is 9.63. The average molecular weight is 336 g/mol. The summed E-state index contributed by atoms with van der Waals surface area (Å²) in [4.78, 5) is 12.2. The van der Waals surface area contributed by atoms with Gasteiger partial charge in [-0.2, -0.15) is 0 Å². The van der Waals surface area contributed by atoms with Crippen LogP contribution in [0.3, 0.4) is 0 Å². The van der Waals surface area contributed by atoms with Crippen molar-refractivity contribution in [3.05, 3.63) is 52.5 Å². The van der Waals surface area contributed by atoms with Gasteiger partial charge in [-0.05, 0) is 36.4 Å². The fourth-order valence-corrected chi connectivity index (χ4v) is 1.98. The number of amides is 1. The molecule has 0 heterocycles. The fourth-order valence-electron chi connectivity index (χ4n) is 1.72. The zero-order valence-corrected chi connectivity index (χ0v) is 12.7. The molecule has 0 bridgehead atoms. The molecule has 0 spiro atoms. The van der Waals surface area contributed by atoms with Gasteiger partial charge in [-0.3, -0.25) is 4.79 Å². The standard InChI is InChI=1S/C15H14BrNO3/c1-19-12-7-8-13(14(9-12)20-2)15(18)17-11-5-3-10(16)4-6-11/h3-9H,1-2H3,(H,17,18). The maximum Gasteiger partial charge on any atom is 0.259 e. The van der Waals surface area contributed by atoms with Crippen molar-refractivity contribution >= 4 is 27.5 Å². The van der Waals surface area contributed by atoms with Crippen LogP contribution in [0.1, 0.15) is 10.4 Å². The molecule has 0 saturated heterocycles. The first-order valence-corrected chi connectivity index (χ1v) is 6.72. The van der Waals surface area contributed by atoms with E-state index in [4.69, 9.17) is 9.47 Å². The van der Waals surface area contributed by atoms with Crippen LogP contribution in [0.25, 0.3) is 0 Å². The number of ether oxygens (including phenoxy) is 2. The lowest BCUT2D eigenvalue weighted by Crippen LogP contribution is -2.13. The van der Waals surface area contributed by atoms with Gasteiger partial charge >= 0.3 is 0 Å². The van der Waals surface area contributed by atoms with E-state index in [1.807, 2.05) is 24.3 Å². The number of halogens is 1. The normalized spacial score (nSPS) is 9.95. The van der Waals surface area contributed by atoms with Crippen molar-refractivity contribution in [1.29, 1.82) is 0 Å². The molecule has 0 unspecified atom stereocenters. The first kappa shape index (κ1) is 14.4. The molecule has 2 aromatic carbocycles. The Kier molecular flexibility index (Phi) is 4.63. The van der Waals surface area contributed by atoms with E-state index in [0.717, 1.165) is 10.2 Å². The number of hydrogen-bond acceptors (Lipinski definition) is 3. The predicted octanol–water partition coefficient (Wildman–Crippen LogP) is 3.72. The molecule has 0 aliphatic carbocycles. The second kappa shape index (κ2) is 6.43. The second-order valence-corrected chi connectivity index (χ2v) is 4.94. The summed E-state index contributed by atoms with van der Waals surface area (Å²) in [5.41, 5.74) is 1.17. The van der Waals surface area contributed by atoms with E-state index in [1.54, 1.807) is 25.3 Å². The Labute approximate surface area is 125 Å². The summed E-state index contributed by atoms with van der Waals surface area (Å²) in [7, 11) is 3.08. The SMILES string of the molecule is COc1ccc(C(=O)Nc2ccc(Br)cc2)c(OC)c1. The molecule has 1 N–H and O–H groups in total. The number of carbonyl (C=O) groups excluding carboxylic acids is 1. The summed E-state index contributed by atoms with van der Waals surface area (Å²) in [6.07, 6.45) is 0. The Morgan fingerprint density at radius 1 is 1.05 bits per heavy atom. The molecule has 4 nitrogen and oxygen atoms in total. The molecule has 20 heavy (non-hydrogen) atoms. The lowest BCUT2D eigenvalue weighted by molar-refractivity contribution is 0.102. The number of anilines is 1. The monoisotopic (exact) mass is 335 g/mol. The van der Waals surface area contributed by atoms with E-state index in [1.165, 1.54) is 7.11 Å². The number of nitrogens with one attached hydrogen (secondary N) is 1. The van der Waals surface area contributed by atoms with Crippen LogP contribution in [0.4, 0.5) is 5.69 Å². The van der Waals surface area contributed by atoms with E-state index < -0.39 is 0 Å². The molecule has 0 aromatic heterocycles. The zero-order valence-electron chi connectivity index (χ0n) is 11.1. The van der Waals surface area contributed by atoms with Crippen LogP contribution in [0.5, 0.6) is 11.5 Å². The Bertz CT molecular complexity index is 611. The summed E-state index contributed by atoms with van der Waals surface area (Å²) in [6.45, 7) is 0. The van der Waals surface area contributed by atoms with Gasteiger partial charge in [0.1, 0.15) is 11.5 Å². The van der Waals surface area contributed by atoms with Crippen molar-refractivity contribution in [3.8, 4) is 11.5 Å². The zero-order chi connectivity index (χ0) is 14.5. The van der Waals surface area contributed by atoms with Crippen LogP contribution in [-0.2, 0) is 0 Å². The highest BCUT2D eigenvalue weighted by atomic mass is 79.9. The number of methoxy groups -OCH3 is 2. The Morgan fingerprint density at radius 3 is 2.35 bits per heavy atom. The molecule has 0 radical (unpaired) electrons. The van der Waals surface area contributed by atoms with Gasteiger partial charge in [0.05, 0.1) is 19.8 Å². The van der Waals surface area contributed by atoms with Crippen molar-refractivity contribution in [3.63, 3.8) is 0 Å². The Morgan fingerprint density at radius 2 is 1.75 bits per heavy atom. The van der Waals surface area contributed by atoms with Gasteiger partial charge in [-0.1, -0.05) is 15.9 Å². The molecule has 0 aliphatic heterocycles. The molecule has 1 amide bonds. The quantitative estimate of drug-likeness (QED) is 0.926. The Hall–Kier alpha value is -2.01. The van der Waals surface area contributed by atoms with E-state index >= 15 is 0 Å². The van der Waals surface area contributed by atoms with Crippen LogP contribution < -0.4 is 14.8 Å². The second-order valence-electron chi connectivity index (χ2n) is 4.03.